The van der Waals surface area contributed by atoms with Crippen molar-refractivity contribution in [2.24, 2.45) is 22.2 Å². The molecule has 20 heavy (non-hydrogen) atoms. The Morgan fingerprint density at radius 1 is 1.00 bits per heavy atom. The summed E-state index contributed by atoms with van der Waals surface area (Å²) in [5, 5.41) is 0. The molecule has 1 aliphatic carbocycles. The average Bonchev–Trinajstić information content (AvgIpc) is 2.26. The molecule has 0 aromatic rings. The lowest BCUT2D eigenvalue weighted by Gasteiger charge is -2.38. The molecule has 0 aromatic carbocycles. The fraction of sp³-hybridized carbons (Fsp3) is 0.900. The van der Waals surface area contributed by atoms with Gasteiger partial charge in [-0.15, -0.1) is 0 Å². The van der Waals surface area contributed by atoms with Gasteiger partial charge in [-0.05, 0) is 54.3 Å². The van der Waals surface area contributed by atoms with E-state index in [4.69, 9.17) is 0 Å². The molecule has 0 nitrogen and oxygen atoms in total. The Morgan fingerprint density at radius 3 is 2.00 bits per heavy atom. The third-order valence-corrected chi connectivity index (χ3v) is 5.35. The van der Waals surface area contributed by atoms with Gasteiger partial charge in [-0.2, -0.15) is 0 Å². The van der Waals surface area contributed by atoms with Crippen LogP contribution in [0.25, 0.3) is 0 Å². The number of rotatable bonds is 5. The molecule has 0 aliphatic heterocycles. The first kappa shape index (κ1) is 17.8. The minimum atomic E-state index is 0.444. The second-order valence-electron chi connectivity index (χ2n) is 9.74. The third-order valence-electron chi connectivity index (χ3n) is 5.35. The minimum Gasteiger partial charge on any atom is -0.0850 e. The van der Waals surface area contributed by atoms with E-state index in [0.29, 0.717) is 16.2 Å². The van der Waals surface area contributed by atoms with E-state index in [0.717, 1.165) is 5.92 Å². The quantitative estimate of drug-likeness (QED) is 0.475. The standard InChI is InChI=1S/C20H38/c1-9-19(5,6)15-20(7,8)14-16-10-12-17(13-11-16)18(2,3)4/h10,17H,9,11-15H2,1-8H3. The highest BCUT2D eigenvalue weighted by atomic mass is 14.4. The first-order valence-corrected chi connectivity index (χ1v) is 8.63. The maximum Gasteiger partial charge on any atom is -0.0268 e. The normalized spacial score (nSPS) is 21.8. The van der Waals surface area contributed by atoms with Crippen LogP contribution in [0.4, 0.5) is 0 Å². The Kier molecular flexibility index (Phi) is 5.55. The summed E-state index contributed by atoms with van der Waals surface area (Å²) in [5.74, 6) is 0.876. The summed E-state index contributed by atoms with van der Waals surface area (Å²) >= 11 is 0. The molecule has 0 heteroatoms. The van der Waals surface area contributed by atoms with Crippen LogP contribution in [-0.4, -0.2) is 0 Å². The Hall–Kier alpha value is -0.260. The van der Waals surface area contributed by atoms with Crippen LogP contribution in [0.2, 0.25) is 0 Å². The van der Waals surface area contributed by atoms with Gasteiger partial charge in [0.25, 0.3) is 0 Å². The number of allylic oxidation sites excluding steroid dienone is 2. The molecule has 1 unspecified atom stereocenters. The van der Waals surface area contributed by atoms with Gasteiger partial charge in [0.1, 0.15) is 0 Å². The van der Waals surface area contributed by atoms with Crippen LogP contribution in [0.15, 0.2) is 11.6 Å². The van der Waals surface area contributed by atoms with Crippen molar-refractivity contribution in [2.45, 2.75) is 93.9 Å². The maximum atomic E-state index is 2.57. The Bertz CT molecular complexity index is 336. The van der Waals surface area contributed by atoms with Crippen molar-refractivity contribution in [1.82, 2.24) is 0 Å². The monoisotopic (exact) mass is 278 g/mol. The van der Waals surface area contributed by atoms with E-state index in [1.807, 2.05) is 0 Å². The van der Waals surface area contributed by atoms with Crippen molar-refractivity contribution in [1.29, 1.82) is 0 Å². The lowest BCUT2D eigenvalue weighted by molar-refractivity contribution is 0.180. The molecule has 0 N–H and O–H groups in total. The third kappa shape index (κ3) is 5.62. The smallest absolute Gasteiger partial charge is 0.0268 e. The summed E-state index contributed by atoms with van der Waals surface area (Å²) in [6.45, 7) is 19.3. The van der Waals surface area contributed by atoms with Gasteiger partial charge in [0.2, 0.25) is 0 Å². The van der Waals surface area contributed by atoms with Crippen LogP contribution in [0.5, 0.6) is 0 Å². The van der Waals surface area contributed by atoms with E-state index in [-0.39, 0.29) is 0 Å². The maximum absolute atomic E-state index is 2.57. The second kappa shape index (κ2) is 6.24. The molecule has 0 fully saturated rings. The molecule has 0 radical (unpaired) electrons. The molecular weight excluding hydrogens is 240 g/mol. The van der Waals surface area contributed by atoms with Gasteiger partial charge in [0.05, 0.1) is 0 Å². The van der Waals surface area contributed by atoms with E-state index >= 15 is 0 Å². The van der Waals surface area contributed by atoms with E-state index < -0.39 is 0 Å². The summed E-state index contributed by atoms with van der Waals surface area (Å²) in [4.78, 5) is 0. The topological polar surface area (TPSA) is 0 Å². The Morgan fingerprint density at radius 2 is 1.60 bits per heavy atom. The predicted octanol–water partition coefficient (Wildman–Crippen LogP) is 7.00. The second-order valence-corrected chi connectivity index (χ2v) is 9.74. The summed E-state index contributed by atoms with van der Waals surface area (Å²) in [7, 11) is 0. The van der Waals surface area contributed by atoms with Crippen LogP contribution < -0.4 is 0 Å². The zero-order chi connectivity index (χ0) is 15.6. The molecule has 0 amide bonds. The van der Waals surface area contributed by atoms with Gasteiger partial charge in [0, 0.05) is 0 Å². The largest absolute Gasteiger partial charge is 0.0850 e. The van der Waals surface area contributed by atoms with Gasteiger partial charge in [-0.3, -0.25) is 0 Å². The van der Waals surface area contributed by atoms with Crippen LogP contribution >= 0.6 is 0 Å². The number of hydrogen-bond donors (Lipinski definition) is 0. The fourth-order valence-corrected chi connectivity index (χ4v) is 3.93. The molecule has 0 saturated heterocycles. The van der Waals surface area contributed by atoms with Gasteiger partial charge >= 0.3 is 0 Å². The van der Waals surface area contributed by atoms with Gasteiger partial charge in [-0.1, -0.05) is 73.5 Å². The van der Waals surface area contributed by atoms with Crippen LogP contribution in [0, 0.1) is 22.2 Å². The van der Waals surface area contributed by atoms with Crippen molar-refractivity contribution in [3.63, 3.8) is 0 Å². The zero-order valence-corrected chi connectivity index (χ0v) is 15.4. The molecule has 118 valence electrons. The Labute approximate surface area is 128 Å². The summed E-state index contributed by atoms with van der Waals surface area (Å²) in [6, 6.07) is 0. The van der Waals surface area contributed by atoms with Crippen molar-refractivity contribution in [2.75, 3.05) is 0 Å². The predicted molar refractivity (Wildman–Crippen MR) is 92.0 cm³/mol. The first-order valence-electron chi connectivity index (χ1n) is 8.63. The van der Waals surface area contributed by atoms with E-state index in [1.54, 1.807) is 5.57 Å². The summed E-state index contributed by atoms with van der Waals surface area (Å²) in [5.41, 5.74) is 3.12. The van der Waals surface area contributed by atoms with Crippen molar-refractivity contribution in [3.8, 4) is 0 Å². The average molecular weight is 279 g/mol. The van der Waals surface area contributed by atoms with Gasteiger partial charge in [-0.25, -0.2) is 0 Å². The van der Waals surface area contributed by atoms with E-state index in [2.05, 4.69) is 61.5 Å². The molecule has 1 atom stereocenters. The molecule has 0 saturated carbocycles. The molecule has 1 aliphatic rings. The highest BCUT2D eigenvalue weighted by molar-refractivity contribution is 5.10. The molecule has 1 rings (SSSR count). The van der Waals surface area contributed by atoms with Crippen molar-refractivity contribution >= 4 is 0 Å². The fourth-order valence-electron chi connectivity index (χ4n) is 3.93. The van der Waals surface area contributed by atoms with Crippen LogP contribution in [-0.2, 0) is 0 Å². The SMILES string of the molecule is CCC(C)(C)CC(C)(C)CC1=CCC(C(C)(C)C)CC1. The molecular formula is C20H38. The van der Waals surface area contributed by atoms with Crippen molar-refractivity contribution < 1.29 is 0 Å². The van der Waals surface area contributed by atoms with Crippen LogP contribution in [0.1, 0.15) is 93.9 Å². The Balaban J connectivity index is 2.59. The number of hydrogen-bond acceptors (Lipinski definition) is 0. The van der Waals surface area contributed by atoms with Gasteiger partial charge in [0.15, 0.2) is 0 Å². The molecule has 0 bridgehead atoms. The molecule has 0 spiro atoms. The van der Waals surface area contributed by atoms with Gasteiger partial charge < -0.3 is 0 Å². The lowest BCUT2D eigenvalue weighted by Crippen LogP contribution is -2.25. The summed E-state index contributed by atoms with van der Waals surface area (Å²) in [6.07, 6.45) is 10.5. The summed E-state index contributed by atoms with van der Waals surface area (Å²) < 4.78 is 0. The first-order chi connectivity index (χ1) is 8.95. The van der Waals surface area contributed by atoms with Crippen LogP contribution in [0.3, 0.4) is 0 Å². The molecule has 0 heterocycles. The zero-order valence-electron chi connectivity index (χ0n) is 15.4. The van der Waals surface area contributed by atoms with E-state index in [1.165, 1.54) is 38.5 Å². The van der Waals surface area contributed by atoms with E-state index in [9.17, 15) is 0 Å². The minimum absolute atomic E-state index is 0.444. The molecule has 0 aromatic heterocycles. The highest BCUT2D eigenvalue weighted by Gasteiger charge is 2.31. The highest BCUT2D eigenvalue weighted by Crippen LogP contribution is 2.43. The van der Waals surface area contributed by atoms with Crippen molar-refractivity contribution in [3.05, 3.63) is 11.6 Å². The lowest BCUT2D eigenvalue weighted by atomic mass is 9.68.